The van der Waals surface area contributed by atoms with E-state index in [0.717, 1.165) is 26.1 Å². The highest BCUT2D eigenvalue weighted by Gasteiger charge is 2.21. The predicted octanol–water partition coefficient (Wildman–Crippen LogP) is 6.56. The number of hydrogen-bond donors (Lipinski definition) is 2. The zero-order valence-electron chi connectivity index (χ0n) is 18.9. The van der Waals surface area contributed by atoms with Gasteiger partial charge in [-0.05, 0) is 56.7 Å². The number of thiophene rings is 1. The Bertz CT molecular complexity index is 1600. The zero-order valence-corrected chi connectivity index (χ0v) is 19.7. The third-order valence-electron chi connectivity index (χ3n) is 5.93. The molecule has 34 heavy (non-hydrogen) atoms. The molecule has 5 rings (SSSR count). The number of aryl methyl sites for hydroxylation is 1. The summed E-state index contributed by atoms with van der Waals surface area (Å²) in [4.78, 5) is 30.1. The van der Waals surface area contributed by atoms with Gasteiger partial charge < -0.3 is 14.8 Å². The standard InChI is InChI=1S/C27H22N2O4S/c1-14-10-19(16(3)29-21-7-5-4-6-18(21)27(31)32)26-20(11-14)24(30)15(2)25(33-26)23-12-17-13-28-9-8-22(17)34-23/h4-13,16,29H,1-3H3,(H,31,32). The molecule has 0 amide bonds. The Balaban J connectivity index is 1.68. The highest BCUT2D eigenvalue weighted by Crippen LogP contribution is 2.37. The summed E-state index contributed by atoms with van der Waals surface area (Å²) in [6.45, 7) is 5.65. The fraction of sp³-hybridized carbons (Fsp3) is 0.148. The van der Waals surface area contributed by atoms with Crippen LogP contribution in [0.15, 0.2) is 70.1 Å². The van der Waals surface area contributed by atoms with Crippen LogP contribution >= 0.6 is 11.3 Å². The summed E-state index contributed by atoms with van der Waals surface area (Å²) >= 11 is 1.55. The van der Waals surface area contributed by atoms with E-state index >= 15 is 0 Å². The van der Waals surface area contributed by atoms with Gasteiger partial charge in [0.2, 0.25) is 0 Å². The van der Waals surface area contributed by atoms with Crippen molar-refractivity contribution in [2.24, 2.45) is 0 Å². The molecule has 3 aromatic heterocycles. The molecule has 2 aromatic carbocycles. The lowest BCUT2D eigenvalue weighted by Gasteiger charge is -2.19. The second-order valence-electron chi connectivity index (χ2n) is 8.36. The minimum atomic E-state index is -1.01. The molecular formula is C27H22N2O4S. The third kappa shape index (κ3) is 3.74. The van der Waals surface area contributed by atoms with Gasteiger partial charge in [-0.25, -0.2) is 4.79 Å². The van der Waals surface area contributed by atoms with Crippen LogP contribution < -0.4 is 10.7 Å². The molecule has 0 spiro atoms. The number of aromatic nitrogens is 1. The SMILES string of the molecule is Cc1cc(C(C)Nc2ccccc2C(=O)O)c2oc(-c3cc4cnccc4s3)c(C)c(=O)c2c1. The van der Waals surface area contributed by atoms with Gasteiger partial charge in [0.25, 0.3) is 0 Å². The summed E-state index contributed by atoms with van der Waals surface area (Å²) in [6, 6.07) is 14.2. The zero-order chi connectivity index (χ0) is 24.0. The lowest BCUT2D eigenvalue weighted by Crippen LogP contribution is -2.13. The summed E-state index contributed by atoms with van der Waals surface area (Å²) < 4.78 is 7.51. The largest absolute Gasteiger partial charge is 0.478 e. The Kier molecular flexibility index (Phi) is 5.42. The van der Waals surface area contributed by atoms with E-state index in [1.165, 1.54) is 0 Å². The van der Waals surface area contributed by atoms with E-state index < -0.39 is 5.97 Å². The number of hydrogen-bond acceptors (Lipinski definition) is 6. The lowest BCUT2D eigenvalue weighted by molar-refractivity contribution is 0.0698. The molecule has 1 atom stereocenters. The molecule has 1 unspecified atom stereocenters. The fourth-order valence-corrected chi connectivity index (χ4v) is 5.30. The van der Waals surface area contributed by atoms with E-state index in [1.807, 2.05) is 38.1 Å². The van der Waals surface area contributed by atoms with Gasteiger partial charge >= 0.3 is 5.97 Å². The first-order valence-corrected chi connectivity index (χ1v) is 11.7. The molecule has 0 saturated carbocycles. The van der Waals surface area contributed by atoms with Crippen LogP contribution in [0.4, 0.5) is 5.69 Å². The molecule has 0 aliphatic carbocycles. The average Bonchev–Trinajstić information content (AvgIpc) is 3.25. The number of carboxylic acid groups (broad SMARTS) is 1. The van der Waals surface area contributed by atoms with Crippen LogP contribution in [0.25, 0.3) is 31.7 Å². The number of benzene rings is 2. The van der Waals surface area contributed by atoms with Crippen molar-refractivity contribution in [1.29, 1.82) is 0 Å². The maximum atomic E-state index is 13.4. The summed E-state index contributed by atoms with van der Waals surface area (Å²) in [6.07, 6.45) is 3.54. The summed E-state index contributed by atoms with van der Waals surface area (Å²) in [5, 5.41) is 14.4. The first-order valence-electron chi connectivity index (χ1n) is 10.8. The van der Waals surface area contributed by atoms with Crippen LogP contribution in [-0.4, -0.2) is 16.1 Å². The van der Waals surface area contributed by atoms with Gasteiger partial charge in [0.15, 0.2) is 11.2 Å². The van der Waals surface area contributed by atoms with Gasteiger partial charge in [-0.3, -0.25) is 9.78 Å². The molecule has 0 aliphatic rings. The molecule has 0 aliphatic heterocycles. The molecule has 0 radical (unpaired) electrons. The van der Waals surface area contributed by atoms with Crippen LogP contribution in [0.5, 0.6) is 0 Å². The van der Waals surface area contributed by atoms with E-state index in [2.05, 4.69) is 10.3 Å². The molecule has 3 heterocycles. The third-order valence-corrected chi connectivity index (χ3v) is 7.04. The van der Waals surface area contributed by atoms with Crippen molar-refractivity contribution < 1.29 is 14.3 Å². The van der Waals surface area contributed by atoms with E-state index in [0.29, 0.717) is 28.0 Å². The highest BCUT2D eigenvalue weighted by atomic mass is 32.1. The van der Waals surface area contributed by atoms with Crippen molar-refractivity contribution in [2.75, 3.05) is 5.32 Å². The van der Waals surface area contributed by atoms with E-state index in [1.54, 1.807) is 54.9 Å². The monoisotopic (exact) mass is 470 g/mol. The minimum Gasteiger partial charge on any atom is -0.478 e. The Morgan fingerprint density at radius 2 is 1.94 bits per heavy atom. The summed E-state index contributed by atoms with van der Waals surface area (Å²) in [7, 11) is 0. The van der Waals surface area contributed by atoms with Gasteiger partial charge in [-0.15, -0.1) is 11.3 Å². The molecule has 6 nitrogen and oxygen atoms in total. The average molecular weight is 471 g/mol. The lowest BCUT2D eigenvalue weighted by atomic mass is 9.99. The van der Waals surface area contributed by atoms with Gasteiger partial charge in [0.1, 0.15) is 5.58 Å². The number of nitrogens with zero attached hydrogens (tertiary/aromatic N) is 1. The quantitative estimate of drug-likeness (QED) is 0.302. The number of pyridine rings is 1. The van der Waals surface area contributed by atoms with Crippen molar-refractivity contribution in [2.45, 2.75) is 26.8 Å². The molecule has 0 fully saturated rings. The highest BCUT2D eigenvalue weighted by molar-refractivity contribution is 7.22. The van der Waals surface area contributed by atoms with Crippen molar-refractivity contribution in [3.8, 4) is 10.6 Å². The first kappa shape index (κ1) is 21.9. The normalized spacial score (nSPS) is 12.2. The Morgan fingerprint density at radius 1 is 1.15 bits per heavy atom. The second kappa shape index (κ2) is 8.43. The second-order valence-corrected chi connectivity index (χ2v) is 9.44. The van der Waals surface area contributed by atoms with Crippen LogP contribution in [0.1, 0.15) is 40.0 Å². The Labute approximate surface area is 199 Å². The van der Waals surface area contributed by atoms with E-state index in [4.69, 9.17) is 4.42 Å². The number of anilines is 1. The Morgan fingerprint density at radius 3 is 2.71 bits per heavy atom. The molecule has 0 saturated heterocycles. The maximum absolute atomic E-state index is 13.4. The molecule has 7 heteroatoms. The van der Waals surface area contributed by atoms with E-state index in [9.17, 15) is 14.7 Å². The van der Waals surface area contributed by atoms with Gasteiger partial charge in [-0.1, -0.05) is 18.2 Å². The smallest absolute Gasteiger partial charge is 0.337 e. The first-order chi connectivity index (χ1) is 16.3. The van der Waals surface area contributed by atoms with Crippen molar-refractivity contribution in [3.63, 3.8) is 0 Å². The van der Waals surface area contributed by atoms with Crippen molar-refractivity contribution >= 4 is 44.0 Å². The fourth-order valence-electron chi connectivity index (χ4n) is 4.23. The van der Waals surface area contributed by atoms with Gasteiger partial charge in [-0.2, -0.15) is 0 Å². The minimum absolute atomic E-state index is 0.0742. The summed E-state index contributed by atoms with van der Waals surface area (Å²) in [5.74, 6) is -0.463. The number of carboxylic acids is 1. The molecule has 2 N–H and O–H groups in total. The van der Waals surface area contributed by atoms with Crippen LogP contribution in [0.3, 0.4) is 0 Å². The summed E-state index contributed by atoms with van der Waals surface area (Å²) in [5.41, 5.74) is 3.38. The molecule has 170 valence electrons. The van der Waals surface area contributed by atoms with Crippen LogP contribution in [0.2, 0.25) is 0 Å². The Hall–Kier alpha value is -3.97. The number of fused-ring (bicyclic) bond motifs is 2. The maximum Gasteiger partial charge on any atom is 0.337 e. The number of para-hydroxylation sites is 1. The number of carbonyl (C=O) groups is 1. The number of aromatic carboxylic acids is 1. The van der Waals surface area contributed by atoms with Crippen LogP contribution in [0, 0.1) is 13.8 Å². The number of nitrogens with one attached hydrogen (secondary N) is 1. The molecule has 0 bridgehead atoms. The van der Waals surface area contributed by atoms with Crippen LogP contribution in [-0.2, 0) is 0 Å². The number of rotatable bonds is 5. The molecular weight excluding hydrogens is 448 g/mol. The molecule has 5 aromatic rings. The van der Waals surface area contributed by atoms with Gasteiger partial charge in [0, 0.05) is 39.3 Å². The van der Waals surface area contributed by atoms with E-state index in [-0.39, 0.29) is 17.0 Å². The van der Waals surface area contributed by atoms with Crippen molar-refractivity contribution in [1.82, 2.24) is 4.98 Å². The van der Waals surface area contributed by atoms with Crippen molar-refractivity contribution in [3.05, 3.63) is 93.4 Å². The van der Waals surface area contributed by atoms with Gasteiger partial charge in [0.05, 0.1) is 21.9 Å². The topological polar surface area (TPSA) is 92.4 Å². The predicted molar refractivity (Wildman–Crippen MR) is 136 cm³/mol.